The van der Waals surface area contributed by atoms with Gasteiger partial charge in [-0.1, -0.05) is 50.6 Å². The average molecular weight is 498 g/mol. The van der Waals surface area contributed by atoms with Crippen molar-refractivity contribution < 1.29 is 35.5 Å². The van der Waals surface area contributed by atoms with E-state index >= 15 is 0 Å². The number of ether oxygens (including phenoxy) is 1. The van der Waals surface area contributed by atoms with Crippen LogP contribution < -0.4 is 4.74 Å². The van der Waals surface area contributed by atoms with Crippen molar-refractivity contribution in [2.75, 3.05) is 6.61 Å². The van der Waals surface area contributed by atoms with Gasteiger partial charge in [0.1, 0.15) is 6.17 Å². The van der Waals surface area contributed by atoms with E-state index in [0.717, 1.165) is 18.6 Å². The van der Waals surface area contributed by atoms with Gasteiger partial charge < -0.3 is 4.74 Å². The molecule has 3 aromatic rings. The standard InChI is InChI=1S/C27H25F7O/c1-3-5-6-16-7-9-17(24(31)23(16)30)18-10-11-19(26(33)25(18)32)20(28)13-14-35-21-12-8-15(4-2)22(29)27(21)34/h7-12,20H,3-6,13-14H2,1-2H3. The Bertz CT molecular complexity index is 1190. The monoisotopic (exact) mass is 498 g/mol. The Hall–Kier alpha value is -3.03. The highest BCUT2D eigenvalue weighted by Gasteiger charge is 2.24. The molecule has 0 aromatic heterocycles. The third-order valence-corrected chi connectivity index (χ3v) is 5.84. The van der Waals surface area contributed by atoms with Gasteiger partial charge in [-0.15, -0.1) is 0 Å². The first-order chi connectivity index (χ1) is 16.7. The highest BCUT2D eigenvalue weighted by atomic mass is 19.2. The van der Waals surface area contributed by atoms with Gasteiger partial charge in [0.05, 0.1) is 6.61 Å². The molecule has 0 amide bonds. The van der Waals surface area contributed by atoms with Crippen molar-refractivity contribution in [3.63, 3.8) is 0 Å². The second kappa shape index (κ2) is 11.6. The zero-order chi connectivity index (χ0) is 25.7. The van der Waals surface area contributed by atoms with Crippen molar-refractivity contribution in [3.05, 3.63) is 88.0 Å². The Balaban J connectivity index is 1.75. The summed E-state index contributed by atoms with van der Waals surface area (Å²) < 4.78 is 106. The number of rotatable bonds is 10. The lowest BCUT2D eigenvalue weighted by atomic mass is 9.97. The van der Waals surface area contributed by atoms with Crippen LogP contribution in [0.3, 0.4) is 0 Å². The van der Waals surface area contributed by atoms with Gasteiger partial charge in [0.25, 0.3) is 0 Å². The molecule has 188 valence electrons. The molecule has 0 aliphatic heterocycles. The molecule has 8 heteroatoms. The molecule has 35 heavy (non-hydrogen) atoms. The van der Waals surface area contributed by atoms with Gasteiger partial charge in [0.15, 0.2) is 34.8 Å². The normalized spacial score (nSPS) is 12.1. The Labute approximate surface area is 199 Å². The van der Waals surface area contributed by atoms with E-state index in [-0.39, 0.29) is 17.5 Å². The largest absolute Gasteiger partial charge is 0.490 e. The summed E-state index contributed by atoms with van der Waals surface area (Å²) in [5.41, 5.74) is -1.37. The molecular weight excluding hydrogens is 473 g/mol. The molecule has 0 aliphatic rings. The third-order valence-electron chi connectivity index (χ3n) is 5.84. The van der Waals surface area contributed by atoms with Gasteiger partial charge in [-0.2, -0.15) is 4.39 Å². The maximum absolute atomic E-state index is 14.7. The SMILES string of the molecule is CCCCc1ccc(-c2ccc(C(F)CCOc3ccc(CC)c(F)c3F)c(F)c2F)c(F)c1F. The van der Waals surface area contributed by atoms with Gasteiger partial charge in [-0.25, -0.2) is 26.3 Å². The number of hydrogen-bond acceptors (Lipinski definition) is 1. The fourth-order valence-corrected chi connectivity index (χ4v) is 3.76. The zero-order valence-electron chi connectivity index (χ0n) is 19.3. The van der Waals surface area contributed by atoms with Crippen LogP contribution in [0, 0.1) is 34.9 Å². The predicted molar refractivity (Wildman–Crippen MR) is 120 cm³/mol. The molecule has 0 aliphatic carbocycles. The lowest BCUT2D eigenvalue weighted by molar-refractivity contribution is 0.224. The van der Waals surface area contributed by atoms with Crippen LogP contribution >= 0.6 is 0 Å². The van der Waals surface area contributed by atoms with Gasteiger partial charge >= 0.3 is 0 Å². The quantitative estimate of drug-likeness (QED) is 0.255. The van der Waals surface area contributed by atoms with Gasteiger partial charge in [0, 0.05) is 23.1 Å². The second-order valence-electron chi connectivity index (χ2n) is 8.14. The number of hydrogen-bond donors (Lipinski definition) is 0. The third kappa shape index (κ3) is 5.63. The van der Waals surface area contributed by atoms with Crippen molar-refractivity contribution in [1.29, 1.82) is 0 Å². The van der Waals surface area contributed by atoms with Crippen molar-refractivity contribution in [2.45, 2.75) is 52.1 Å². The summed E-state index contributed by atoms with van der Waals surface area (Å²) in [6, 6.07) is 6.95. The molecule has 0 spiro atoms. The zero-order valence-corrected chi connectivity index (χ0v) is 19.3. The molecule has 0 bridgehead atoms. The molecule has 0 radical (unpaired) electrons. The number of alkyl halides is 1. The van der Waals surface area contributed by atoms with Gasteiger partial charge in [0.2, 0.25) is 5.82 Å². The summed E-state index contributed by atoms with van der Waals surface area (Å²) in [4.78, 5) is 0. The molecule has 0 N–H and O–H groups in total. The van der Waals surface area contributed by atoms with E-state index < -0.39 is 76.5 Å². The number of benzene rings is 3. The van der Waals surface area contributed by atoms with Crippen LogP contribution in [-0.4, -0.2) is 6.61 Å². The van der Waals surface area contributed by atoms with E-state index in [0.29, 0.717) is 12.8 Å². The molecular formula is C27H25F7O. The molecule has 0 fully saturated rings. The van der Waals surface area contributed by atoms with Gasteiger partial charge in [-0.05, 0) is 36.5 Å². The van der Waals surface area contributed by atoms with E-state index in [2.05, 4.69) is 0 Å². The molecule has 3 rings (SSSR count). The summed E-state index contributed by atoms with van der Waals surface area (Å²) in [6.45, 7) is 3.11. The topological polar surface area (TPSA) is 9.23 Å². The minimum atomic E-state index is -2.04. The molecule has 0 saturated heterocycles. The summed E-state index contributed by atoms with van der Waals surface area (Å²) in [7, 11) is 0. The Morgan fingerprint density at radius 1 is 0.686 bits per heavy atom. The van der Waals surface area contributed by atoms with Crippen molar-refractivity contribution >= 4 is 0 Å². The van der Waals surface area contributed by atoms with Crippen molar-refractivity contribution in [2.24, 2.45) is 0 Å². The van der Waals surface area contributed by atoms with Crippen molar-refractivity contribution in [1.82, 2.24) is 0 Å². The van der Waals surface area contributed by atoms with Gasteiger partial charge in [-0.3, -0.25) is 0 Å². The summed E-state index contributed by atoms with van der Waals surface area (Å²) in [5, 5.41) is 0. The number of unbranched alkanes of at least 4 members (excludes halogenated alkanes) is 1. The minimum Gasteiger partial charge on any atom is -0.490 e. The lowest BCUT2D eigenvalue weighted by Gasteiger charge is -2.15. The smallest absolute Gasteiger partial charge is 0.200 e. The summed E-state index contributed by atoms with van der Waals surface area (Å²) in [6.07, 6.45) is -0.534. The second-order valence-corrected chi connectivity index (χ2v) is 8.14. The van der Waals surface area contributed by atoms with E-state index in [1.54, 1.807) is 6.92 Å². The van der Waals surface area contributed by atoms with Crippen LogP contribution in [-0.2, 0) is 12.8 Å². The van der Waals surface area contributed by atoms with Crippen LogP contribution in [0.5, 0.6) is 5.75 Å². The predicted octanol–water partition coefficient (Wildman–Crippen LogP) is 8.57. The van der Waals surface area contributed by atoms with E-state index in [1.165, 1.54) is 24.3 Å². The Kier molecular flexibility index (Phi) is 8.81. The Morgan fingerprint density at radius 2 is 1.29 bits per heavy atom. The fourth-order valence-electron chi connectivity index (χ4n) is 3.76. The first kappa shape index (κ1) is 26.6. The van der Waals surface area contributed by atoms with Crippen molar-refractivity contribution in [3.8, 4) is 16.9 Å². The van der Waals surface area contributed by atoms with E-state index in [9.17, 15) is 30.7 Å². The number of aryl methyl sites for hydroxylation is 2. The average Bonchev–Trinajstić information content (AvgIpc) is 2.84. The van der Waals surface area contributed by atoms with E-state index in [1.807, 2.05) is 6.92 Å². The van der Waals surface area contributed by atoms with E-state index in [4.69, 9.17) is 4.74 Å². The maximum atomic E-state index is 14.7. The molecule has 3 aromatic carbocycles. The van der Waals surface area contributed by atoms with Crippen LogP contribution in [0.1, 0.15) is 56.0 Å². The highest BCUT2D eigenvalue weighted by Crippen LogP contribution is 2.34. The summed E-state index contributed by atoms with van der Waals surface area (Å²) in [5.74, 6) is -8.20. The van der Waals surface area contributed by atoms with Crippen LogP contribution in [0.15, 0.2) is 36.4 Å². The highest BCUT2D eigenvalue weighted by molar-refractivity contribution is 5.66. The van der Waals surface area contributed by atoms with Crippen LogP contribution in [0.25, 0.3) is 11.1 Å². The summed E-state index contributed by atoms with van der Waals surface area (Å²) >= 11 is 0. The fraction of sp³-hybridized carbons (Fsp3) is 0.333. The molecule has 1 atom stereocenters. The van der Waals surface area contributed by atoms with Crippen LogP contribution in [0.4, 0.5) is 30.7 Å². The van der Waals surface area contributed by atoms with Crippen LogP contribution in [0.2, 0.25) is 0 Å². The minimum absolute atomic E-state index is 0.134. The first-order valence-electron chi connectivity index (χ1n) is 11.4. The lowest BCUT2D eigenvalue weighted by Crippen LogP contribution is -2.08. The molecule has 1 nitrogen and oxygen atoms in total. The maximum Gasteiger partial charge on any atom is 0.200 e. The Morgan fingerprint density at radius 3 is 1.94 bits per heavy atom. The molecule has 0 saturated carbocycles. The molecule has 0 heterocycles. The first-order valence-corrected chi connectivity index (χ1v) is 11.4. The number of halogens is 7. The molecule has 1 unspecified atom stereocenters.